The Hall–Kier alpha value is -1.43. The SMILES string of the molecule is CN(C(=O)C(C)(C)C)[C@@H](CC(=O)C(C)(C)C)C(=O)NCCN. The van der Waals surface area contributed by atoms with E-state index in [1.54, 1.807) is 48.6 Å². The Morgan fingerprint density at radius 2 is 1.55 bits per heavy atom. The first-order valence-electron chi connectivity index (χ1n) is 7.60. The lowest BCUT2D eigenvalue weighted by Crippen LogP contribution is -2.52. The van der Waals surface area contributed by atoms with Gasteiger partial charge in [-0.3, -0.25) is 14.4 Å². The van der Waals surface area contributed by atoms with Gasteiger partial charge in [-0.25, -0.2) is 0 Å². The number of hydrogen-bond donors (Lipinski definition) is 2. The third-order valence-corrected chi connectivity index (χ3v) is 3.39. The number of Topliss-reactive ketones (excluding diaryl/α,β-unsaturated/α-hetero) is 1. The molecule has 0 aliphatic carbocycles. The summed E-state index contributed by atoms with van der Waals surface area (Å²) in [5, 5.41) is 2.67. The van der Waals surface area contributed by atoms with E-state index in [1.807, 2.05) is 0 Å². The minimum atomic E-state index is -0.815. The van der Waals surface area contributed by atoms with Gasteiger partial charge in [0, 0.05) is 37.4 Å². The quantitative estimate of drug-likeness (QED) is 0.763. The fraction of sp³-hybridized carbons (Fsp3) is 0.812. The highest BCUT2D eigenvalue weighted by Crippen LogP contribution is 2.23. The summed E-state index contributed by atoms with van der Waals surface area (Å²) >= 11 is 0. The molecule has 3 N–H and O–H groups in total. The molecule has 0 rings (SSSR count). The molecule has 0 fully saturated rings. The molecule has 0 aliphatic heterocycles. The smallest absolute Gasteiger partial charge is 0.243 e. The summed E-state index contributed by atoms with van der Waals surface area (Å²) in [6.45, 7) is 11.4. The van der Waals surface area contributed by atoms with Crippen LogP contribution in [0.15, 0.2) is 0 Å². The van der Waals surface area contributed by atoms with Crippen molar-refractivity contribution in [1.82, 2.24) is 10.2 Å². The monoisotopic (exact) mass is 313 g/mol. The molecule has 1 atom stereocenters. The molecular formula is C16H31N3O3. The van der Waals surface area contributed by atoms with Crippen LogP contribution in [0.5, 0.6) is 0 Å². The number of hydrogen-bond acceptors (Lipinski definition) is 4. The molecule has 6 heteroatoms. The Bertz CT molecular complexity index is 419. The predicted molar refractivity (Wildman–Crippen MR) is 87.2 cm³/mol. The standard InChI is InChI=1S/C16H31N3O3/c1-15(2,3)12(20)10-11(13(21)18-9-8-17)19(7)14(22)16(4,5)6/h11H,8-10,17H2,1-7H3,(H,18,21)/t11-/m0/s1. The van der Waals surface area contributed by atoms with Gasteiger partial charge in [-0.1, -0.05) is 41.5 Å². The number of carbonyl (C=O) groups is 3. The number of amides is 2. The van der Waals surface area contributed by atoms with E-state index in [4.69, 9.17) is 5.73 Å². The maximum absolute atomic E-state index is 12.4. The van der Waals surface area contributed by atoms with Crippen LogP contribution < -0.4 is 11.1 Å². The minimum absolute atomic E-state index is 0.00176. The molecule has 0 radical (unpaired) electrons. The lowest BCUT2D eigenvalue weighted by atomic mass is 9.86. The van der Waals surface area contributed by atoms with E-state index in [0.717, 1.165) is 0 Å². The summed E-state index contributed by atoms with van der Waals surface area (Å²) in [7, 11) is 1.57. The highest BCUT2D eigenvalue weighted by molar-refractivity contribution is 5.94. The maximum atomic E-state index is 12.4. The van der Waals surface area contributed by atoms with E-state index in [1.165, 1.54) is 4.90 Å². The minimum Gasteiger partial charge on any atom is -0.353 e. The molecule has 128 valence electrons. The van der Waals surface area contributed by atoms with Gasteiger partial charge in [0.25, 0.3) is 0 Å². The van der Waals surface area contributed by atoms with E-state index in [2.05, 4.69) is 5.32 Å². The molecule has 0 spiro atoms. The Labute approximate surface area is 133 Å². The van der Waals surface area contributed by atoms with E-state index in [0.29, 0.717) is 13.1 Å². The molecule has 0 aromatic rings. The first kappa shape index (κ1) is 20.6. The molecule has 6 nitrogen and oxygen atoms in total. The Balaban J connectivity index is 5.29. The van der Waals surface area contributed by atoms with Crippen molar-refractivity contribution in [3.8, 4) is 0 Å². The predicted octanol–water partition coefficient (Wildman–Crippen LogP) is 0.940. The average molecular weight is 313 g/mol. The highest BCUT2D eigenvalue weighted by Gasteiger charge is 2.36. The summed E-state index contributed by atoms with van der Waals surface area (Å²) < 4.78 is 0. The van der Waals surface area contributed by atoms with Crippen molar-refractivity contribution >= 4 is 17.6 Å². The van der Waals surface area contributed by atoms with Crippen molar-refractivity contribution in [2.24, 2.45) is 16.6 Å². The van der Waals surface area contributed by atoms with Crippen LogP contribution in [-0.2, 0) is 14.4 Å². The van der Waals surface area contributed by atoms with Gasteiger partial charge in [0.05, 0.1) is 0 Å². The van der Waals surface area contributed by atoms with Crippen molar-refractivity contribution in [2.75, 3.05) is 20.1 Å². The van der Waals surface area contributed by atoms with Crippen molar-refractivity contribution in [1.29, 1.82) is 0 Å². The van der Waals surface area contributed by atoms with E-state index in [9.17, 15) is 14.4 Å². The lowest BCUT2D eigenvalue weighted by Gasteiger charge is -2.33. The fourth-order valence-corrected chi connectivity index (χ4v) is 1.87. The molecule has 0 aliphatic rings. The summed E-state index contributed by atoms with van der Waals surface area (Å²) in [6, 6.07) is -0.815. The van der Waals surface area contributed by atoms with Gasteiger partial charge in [0.15, 0.2) is 0 Å². The molecule has 0 saturated heterocycles. The van der Waals surface area contributed by atoms with Crippen LogP contribution >= 0.6 is 0 Å². The zero-order chi connectivity index (χ0) is 17.7. The molecule has 0 aromatic heterocycles. The van der Waals surface area contributed by atoms with Crippen LogP contribution in [0.3, 0.4) is 0 Å². The third-order valence-electron chi connectivity index (χ3n) is 3.39. The Morgan fingerprint density at radius 1 is 1.05 bits per heavy atom. The number of carbonyl (C=O) groups excluding carboxylic acids is 3. The topological polar surface area (TPSA) is 92.5 Å². The van der Waals surface area contributed by atoms with Gasteiger partial charge in [-0.15, -0.1) is 0 Å². The van der Waals surface area contributed by atoms with Gasteiger partial charge >= 0.3 is 0 Å². The summed E-state index contributed by atoms with van der Waals surface area (Å²) in [6.07, 6.45) is -0.00176. The molecular weight excluding hydrogens is 282 g/mol. The van der Waals surface area contributed by atoms with E-state index >= 15 is 0 Å². The number of nitrogens with two attached hydrogens (primary N) is 1. The Morgan fingerprint density at radius 3 is 1.91 bits per heavy atom. The lowest BCUT2D eigenvalue weighted by molar-refractivity contribution is -0.146. The number of ketones is 1. The van der Waals surface area contributed by atoms with Crippen LogP contribution in [0.4, 0.5) is 0 Å². The highest BCUT2D eigenvalue weighted by atomic mass is 16.2. The van der Waals surface area contributed by atoms with Crippen molar-refractivity contribution in [2.45, 2.75) is 54.0 Å². The van der Waals surface area contributed by atoms with E-state index < -0.39 is 16.9 Å². The normalized spacial score (nSPS) is 13.5. The third kappa shape index (κ3) is 6.13. The molecule has 0 unspecified atom stereocenters. The van der Waals surface area contributed by atoms with Crippen LogP contribution in [0.25, 0.3) is 0 Å². The molecule has 0 aromatic carbocycles. The van der Waals surface area contributed by atoms with Crippen molar-refractivity contribution in [3.63, 3.8) is 0 Å². The fourth-order valence-electron chi connectivity index (χ4n) is 1.87. The number of nitrogens with one attached hydrogen (secondary N) is 1. The summed E-state index contributed by atoms with van der Waals surface area (Å²) in [5.41, 5.74) is 4.21. The number of likely N-dealkylation sites (N-methyl/N-ethyl adjacent to an activating group) is 1. The second-order valence-electron chi connectivity index (χ2n) is 7.64. The molecule has 0 bridgehead atoms. The van der Waals surface area contributed by atoms with Crippen LogP contribution in [0, 0.1) is 10.8 Å². The zero-order valence-corrected chi connectivity index (χ0v) is 14.9. The van der Waals surface area contributed by atoms with Crippen molar-refractivity contribution in [3.05, 3.63) is 0 Å². The average Bonchev–Trinajstić information content (AvgIpc) is 2.37. The first-order valence-corrected chi connectivity index (χ1v) is 7.60. The van der Waals surface area contributed by atoms with Crippen LogP contribution in [0.1, 0.15) is 48.0 Å². The second kappa shape index (κ2) is 7.72. The molecule has 0 saturated carbocycles. The summed E-state index contributed by atoms with van der Waals surface area (Å²) in [4.78, 5) is 38.4. The van der Waals surface area contributed by atoms with Gasteiger partial charge in [0.1, 0.15) is 11.8 Å². The van der Waals surface area contributed by atoms with Gasteiger partial charge in [-0.2, -0.15) is 0 Å². The van der Waals surface area contributed by atoms with Crippen LogP contribution in [-0.4, -0.2) is 48.7 Å². The molecule has 2 amide bonds. The molecule has 22 heavy (non-hydrogen) atoms. The van der Waals surface area contributed by atoms with Gasteiger partial charge in [-0.05, 0) is 0 Å². The zero-order valence-electron chi connectivity index (χ0n) is 14.9. The van der Waals surface area contributed by atoms with E-state index in [-0.39, 0.29) is 24.0 Å². The van der Waals surface area contributed by atoms with Crippen LogP contribution in [0.2, 0.25) is 0 Å². The van der Waals surface area contributed by atoms with Gasteiger partial charge < -0.3 is 16.0 Å². The van der Waals surface area contributed by atoms with Crippen molar-refractivity contribution < 1.29 is 14.4 Å². The molecule has 0 heterocycles. The second-order valence-corrected chi connectivity index (χ2v) is 7.64. The Kier molecular flexibility index (Phi) is 7.22. The summed E-state index contributed by atoms with van der Waals surface area (Å²) in [5.74, 6) is -0.584. The number of rotatable bonds is 6. The maximum Gasteiger partial charge on any atom is 0.243 e. The first-order chi connectivity index (χ1) is 9.82. The number of nitrogens with zero attached hydrogens (tertiary/aromatic N) is 1. The van der Waals surface area contributed by atoms with Gasteiger partial charge in [0.2, 0.25) is 11.8 Å². The largest absolute Gasteiger partial charge is 0.353 e.